The Morgan fingerprint density at radius 2 is 1.73 bits per heavy atom. The van der Waals surface area contributed by atoms with E-state index in [0.717, 1.165) is 0 Å². The van der Waals surface area contributed by atoms with Gasteiger partial charge in [0.1, 0.15) is 0 Å². The molecule has 2 atom stereocenters. The van der Waals surface area contributed by atoms with Crippen molar-refractivity contribution in [3.8, 4) is 0 Å². The molecule has 2 amide bonds. The normalized spacial score (nSPS) is 28.9. The lowest BCUT2D eigenvalue weighted by atomic mass is 9.64. The largest absolute Gasteiger partial charge is 0.465 e. The molecule has 0 spiro atoms. The summed E-state index contributed by atoms with van der Waals surface area (Å²) in [5, 5.41) is 8.93. The molecule has 0 radical (unpaired) electrons. The van der Waals surface area contributed by atoms with E-state index in [1.807, 2.05) is 0 Å². The van der Waals surface area contributed by atoms with Gasteiger partial charge < -0.3 is 14.9 Å². The molecule has 5 heteroatoms. The third-order valence-electron chi connectivity index (χ3n) is 5.30. The number of amides is 2. The number of hydrogen-bond acceptors (Lipinski definition) is 2. The fourth-order valence-electron chi connectivity index (χ4n) is 3.86. The number of allylic oxidation sites excluding steroid dienone is 1. The van der Waals surface area contributed by atoms with Gasteiger partial charge in [0.15, 0.2) is 0 Å². The molecule has 1 aliphatic heterocycles. The molecule has 5 nitrogen and oxygen atoms in total. The van der Waals surface area contributed by atoms with Crippen LogP contribution in [0.25, 0.3) is 0 Å². The van der Waals surface area contributed by atoms with Gasteiger partial charge in [0.25, 0.3) is 0 Å². The van der Waals surface area contributed by atoms with Crippen LogP contribution < -0.4 is 0 Å². The Balaban J connectivity index is 1.92. The van der Waals surface area contributed by atoms with Crippen molar-refractivity contribution in [3.63, 3.8) is 0 Å². The molecule has 124 valence electrons. The first-order valence-corrected chi connectivity index (χ1v) is 8.26. The molecule has 2 aliphatic rings. The summed E-state index contributed by atoms with van der Waals surface area (Å²) in [4.78, 5) is 26.3. The van der Waals surface area contributed by atoms with Crippen molar-refractivity contribution in [2.75, 3.05) is 26.2 Å². The summed E-state index contributed by atoms with van der Waals surface area (Å²) in [7, 11) is 0. The molecule has 1 saturated heterocycles. The van der Waals surface area contributed by atoms with Crippen LogP contribution in [0.15, 0.2) is 12.2 Å². The van der Waals surface area contributed by atoms with E-state index in [0.29, 0.717) is 38.0 Å². The second-order valence-corrected chi connectivity index (χ2v) is 7.34. The highest BCUT2D eigenvalue weighted by molar-refractivity contribution is 5.87. The highest BCUT2D eigenvalue weighted by Crippen LogP contribution is 2.44. The number of rotatable bonds is 2. The molecule has 0 aromatic heterocycles. The molecule has 0 unspecified atom stereocenters. The van der Waals surface area contributed by atoms with Gasteiger partial charge in [-0.1, -0.05) is 39.7 Å². The van der Waals surface area contributed by atoms with E-state index >= 15 is 0 Å². The zero-order valence-corrected chi connectivity index (χ0v) is 13.9. The second-order valence-electron chi connectivity index (χ2n) is 7.34. The van der Waals surface area contributed by atoms with Crippen molar-refractivity contribution in [1.29, 1.82) is 0 Å². The fraction of sp³-hybridized carbons (Fsp3) is 0.765. The van der Waals surface area contributed by atoms with Crippen LogP contribution in [-0.4, -0.2) is 53.1 Å². The van der Waals surface area contributed by atoms with E-state index in [-0.39, 0.29) is 11.3 Å². The zero-order chi connectivity index (χ0) is 16.3. The van der Waals surface area contributed by atoms with E-state index < -0.39 is 6.09 Å². The first kappa shape index (κ1) is 16.8. The Hall–Kier alpha value is -1.52. The van der Waals surface area contributed by atoms with Crippen LogP contribution in [0.5, 0.6) is 0 Å². The van der Waals surface area contributed by atoms with Gasteiger partial charge in [0, 0.05) is 26.2 Å². The summed E-state index contributed by atoms with van der Waals surface area (Å²) < 4.78 is 0. The number of hydrogen-bond donors (Lipinski definition) is 1. The Kier molecular flexibility index (Phi) is 5.14. The van der Waals surface area contributed by atoms with Gasteiger partial charge in [-0.2, -0.15) is 0 Å². The van der Waals surface area contributed by atoms with Crippen LogP contribution in [0.1, 0.15) is 40.0 Å². The van der Waals surface area contributed by atoms with E-state index in [1.165, 1.54) is 24.2 Å². The predicted molar refractivity (Wildman–Crippen MR) is 85.6 cm³/mol. The topological polar surface area (TPSA) is 60.9 Å². The molecule has 1 N–H and O–H groups in total. The fourth-order valence-corrected chi connectivity index (χ4v) is 3.86. The maximum absolute atomic E-state index is 12.3. The van der Waals surface area contributed by atoms with Crippen LogP contribution >= 0.6 is 0 Å². The SMILES string of the molecule is C[C@@H]1CCCC(C)(C)[C@H]1C=CC(=O)N1CCN(C(=O)O)CC1. The van der Waals surface area contributed by atoms with Crippen molar-refractivity contribution in [2.24, 2.45) is 17.3 Å². The van der Waals surface area contributed by atoms with Gasteiger partial charge >= 0.3 is 6.09 Å². The molecular formula is C17H28N2O3. The van der Waals surface area contributed by atoms with Gasteiger partial charge in [-0.05, 0) is 29.7 Å². The van der Waals surface area contributed by atoms with Gasteiger partial charge in [-0.25, -0.2) is 4.79 Å². The average Bonchev–Trinajstić information content (AvgIpc) is 2.46. The first-order valence-electron chi connectivity index (χ1n) is 8.26. The maximum atomic E-state index is 12.3. The molecule has 2 fully saturated rings. The number of piperazine rings is 1. The number of carboxylic acid groups (broad SMARTS) is 1. The van der Waals surface area contributed by atoms with Crippen molar-refractivity contribution < 1.29 is 14.7 Å². The molecule has 0 bridgehead atoms. The molecule has 1 aliphatic carbocycles. The third kappa shape index (κ3) is 3.81. The smallest absolute Gasteiger partial charge is 0.407 e. The summed E-state index contributed by atoms with van der Waals surface area (Å²) >= 11 is 0. The van der Waals surface area contributed by atoms with E-state index in [4.69, 9.17) is 5.11 Å². The Morgan fingerprint density at radius 3 is 2.27 bits per heavy atom. The highest BCUT2D eigenvalue weighted by atomic mass is 16.4. The van der Waals surface area contributed by atoms with Crippen LogP contribution in [0.2, 0.25) is 0 Å². The lowest BCUT2D eigenvalue weighted by Gasteiger charge is -2.41. The molecule has 0 aromatic rings. The lowest BCUT2D eigenvalue weighted by molar-refractivity contribution is -0.127. The van der Waals surface area contributed by atoms with Crippen molar-refractivity contribution in [1.82, 2.24) is 9.80 Å². The van der Waals surface area contributed by atoms with Crippen molar-refractivity contribution >= 4 is 12.0 Å². The van der Waals surface area contributed by atoms with Crippen molar-refractivity contribution in [3.05, 3.63) is 12.2 Å². The Morgan fingerprint density at radius 1 is 1.14 bits per heavy atom. The minimum Gasteiger partial charge on any atom is -0.465 e. The minimum atomic E-state index is -0.902. The summed E-state index contributed by atoms with van der Waals surface area (Å²) in [6.07, 6.45) is 6.60. The van der Waals surface area contributed by atoms with Gasteiger partial charge in [-0.3, -0.25) is 4.79 Å². The number of carbonyl (C=O) groups excluding carboxylic acids is 1. The summed E-state index contributed by atoms with van der Waals surface area (Å²) in [5.41, 5.74) is 0.246. The van der Waals surface area contributed by atoms with E-state index in [1.54, 1.807) is 11.0 Å². The maximum Gasteiger partial charge on any atom is 0.407 e. The highest BCUT2D eigenvalue weighted by Gasteiger charge is 2.35. The average molecular weight is 308 g/mol. The predicted octanol–water partition coefficient (Wildman–Crippen LogP) is 2.83. The lowest BCUT2D eigenvalue weighted by Crippen LogP contribution is -2.49. The first-order chi connectivity index (χ1) is 10.3. The Labute approximate surface area is 133 Å². The van der Waals surface area contributed by atoms with Crippen LogP contribution in [0.3, 0.4) is 0 Å². The molecule has 22 heavy (non-hydrogen) atoms. The number of nitrogens with zero attached hydrogens (tertiary/aromatic N) is 2. The molecule has 1 saturated carbocycles. The van der Waals surface area contributed by atoms with Gasteiger partial charge in [-0.15, -0.1) is 0 Å². The third-order valence-corrected chi connectivity index (χ3v) is 5.30. The van der Waals surface area contributed by atoms with Crippen LogP contribution in [0, 0.1) is 17.3 Å². The van der Waals surface area contributed by atoms with E-state index in [9.17, 15) is 9.59 Å². The summed E-state index contributed by atoms with van der Waals surface area (Å²) in [6.45, 7) is 8.62. The Bertz CT molecular complexity index is 451. The number of carbonyl (C=O) groups is 2. The summed E-state index contributed by atoms with van der Waals surface area (Å²) in [6, 6.07) is 0. The minimum absolute atomic E-state index is 0.0126. The van der Waals surface area contributed by atoms with Gasteiger partial charge in [0.05, 0.1) is 0 Å². The quantitative estimate of drug-likeness (QED) is 0.798. The zero-order valence-electron chi connectivity index (χ0n) is 13.9. The molecular weight excluding hydrogens is 280 g/mol. The van der Waals surface area contributed by atoms with Crippen molar-refractivity contribution in [2.45, 2.75) is 40.0 Å². The second kappa shape index (κ2) is 6.71. The standard InChI is InChI=1S/C17H28N2O3/c1-13-5-4-8-17(2,3)14(13)6-7-15(20)18-9-11-19(12-10-18)16(21)22/h6-7,13-14H,4-5,8-12H2,1-3H3,(H,21,22)/t13-,14+/m1/s1. The van der Waals surface area contributed by atoms with E-state index in [2.05, 4.69) is 26.8 Å². The molecule has 2 rings (SSSR count). The monoisotopic (exact) mass is 308 g/mol. The van der Waals surface area contributed by atoms with Crippen LogP contribution in [-0.2, 0) is 4.79 Å². The van der Waals surface area contributed by atoms with Gasteiger partial charge in [0.2, 0.25) is 5.91 Å². The molecule has 1 heterocycles. The molecule has 0 aromatic carbocycles. The van der Waals surface area contributed by atoms with Crippen LogP contribution in [0.4, 0.5) is 4.79 Å². The summed E-state index contributed by atoms with van der Waals surface area (Å²) in [5.74, 6) is 1.06.